The number of carboxylic acids is 1. The van der Waals surface area contributed by atoms with Crippen LogP contribution in [0, 0.1) is 11.8 Å². The quantitative estimate of drug-likeness (QED) is 0.476. The van der Waals surface area contributed by atoms with E-state index in [0.29, 0.717) is 19.4 Å². The zero-order valence-electron chi connectivity index (χ0n) is 12.1. The minimum absolute atomic E-state index is 0.00319. The van der Waals surface area contributed by atoms with E-state index in [1.54, 1.807) is 4.90 Å². The van der Waals surface area contributed by atoms with Crippen LogP contribution >= 0.6 is 0 Å². The number of aliphatic carboxylic acids is 1. The Morgan fingerprint density at radius 1 is 1.29 bits per heavy atom. The molecule has 2 aliphatic heterocycles. The van der Waals surface area contributed by atoms with Crippen LogP contribution in [0.1, 0.15) is 25.7 Å². The summed E-state index contributed by atoms with van der Waals surface area (Å²) in [6, 6.07) is -0.169. The second-order valence-corrected chi connectivity index (χ2v) is 6.01. The van der Waals surface area contributed by atoms with Crippen LogP contribution in [0.15, 0.2) is 0 Å². The molecule has 2 saturated heterocycles. The summed E-state index contributed by atoms with van der Waals surface area (Å²) in [5, 5.41) is 30.2. The van der Waals surface area contributed by atoms with Crippen LogP contribution in [0.2, 0.25) is 6.32 Å². The Bertz CT molecular complexity index is 387. The highest BCUT2D eigenvalue weighted by atomic mass is 16.4. The Hall–Kier alpha value is -1.12. The number of nitrogens with one attached hydrogen (secondary N) is 1. The van der Waals surface area contributed by atoms with E-state index in [-0.39, 0.29) is 30.7 Å². The molecule has 2 fully saturated rings. The maximum atomic E-state index is 12.3. The summed E-state index contributed by atoms with van der Waals surface area (Å²) in [6.07, 6.45) is 3.17. The van der Waals surface area contributed by atoms with Gasteiger partial charge in [-0.1, -0.05) is 6.42 Å². The van der Waals surface area contributed by atoms with Crippen LogP contribution in [0.3, 0.4) is 0 Å². The molecule has 118 valence electrons. The minimum Gasteiger partial charge on any atom is -0.481 e. The number of carboxylic acid groups (broad SMARTS) is 1. The molecule has 1 amide bonds. The predicted molar refractivity (Wildman–Crippen MR) is 76.5 cm³/mol. The molecule has 8 heteroatoms. The average molecular weight is 298 g/mol. The number of hydrogen-bond acceptors (Lipinski definition) is 5. The third kappa shape index (κ3) is 4.18. The van der Waals surface area contributed by atoms with Gasteiger partial charge in [-0.25, -0.2) is 0 Å². The highest BCUT2D eigenvalue weighted by Gasteiger charge is 2.41. The maximum Gasteiger partial charge on any atom is 0.451 e. The molecule has 1 unspecified atom stereocenters. The summed E-state index contributed by atoms with van der Waals surface area (Å²) in [5.74, 6) is -1.53. The van der Waals surface area contributed by atoms with Crippen molar-refractivity contribution in [3.63, 3.8) is 0 Å². The van der Waals surface area contributed by atoms with Gasteiger partial charge in [0.05, 0.1) is 12.0 Å². The van der Waals surface area contributed by atoms with Gasteiger partial charge in [-0.3, -0.25) is 9.59 Å². The molecule has 0 aromatic carbocycles. The first-order valence-corrected chi connectivity index (χ1v) is 7.60. The normalized spacial score (nSPS) is 28.9. The second kappa shape index (κ2) is 7.24. The van der Waals surface area contributed by atoms with Crippen molar-refractivity contribution in [2.24, 2.45) is 11.8 Å². The minimum atomic E-state index is -1.35. The van der Waals surface area contributed by atoms with Crippen LogP contribution < -0.4 is 5.32 Å². The Balaban J connectivity index is 1.90. The number of carbonyl (C=O) groups excluding carboxylic acids is 1. The molecule has 0 radical (unpaired) electrons. The summed E-state index contributed by atoms with van der Waals surface area (Å²) >= 11 is 0. The molecule has 0 aliphatic carbocycles. The van der Waals surface area contributed by atoms with Crippen molar-refractivity contribution in [1.82, 2.24) is 10.2 Å². The van der Waals surface area contributed by atoms with E-state index in [9.17, 15) is 14.7 Å². The number of nitrogens with zero attached hydrogens (tertiary/aromatic N) is 1. The lowest BCUT2D eigenvalue weighted by Gasteiger charge is -2.20. The molecule has 2 rings (SSSR count). The fourth-order valence-electron chi connectivity index (χ4n) is 3.30. The number of likely N-dealkylation sites (tertiary alicyclic amines) is 1. The van der Waals surface area contributed by atoms with Gasteiger partial charge in [0, 0.05) is 13.1 Å². The van der Waals surface area contributed by atoms with Crippen molar-refractivity contribution in [1.29, 1.82) is 0 Å². The fourth-order valence-corrected chi connectivity index (χ4v) is 3.30. The Kier molecular flexibility index (Phi) is 5.61. The predicted octanol–water partition coefficient (Wildman–Crippen LogP) is -0.849. The highest BCUT2D eigenvalue weighted by molar-refractivity contribution is 6.40. The van der Waals surface area contributed by atoms with Crippen molar-refractivity contribution < 1.29 is 24.7 Å². The highest BCUT2D eigenvalue weighted by Crippen LogP contribution is 2.29. The van der Waals surface area contributed by atoms with Gasteiger partial charge in [0.1, 0.15) is 0 Å². The molecule has 0 saturated carbocycles. The van der Waals surface area contributed by atoms with Gasteiger partial charge < -0.3 is 25.4 Å². The molecule has 2 aliphatic rings. The molecule has 0 bridgehead atoms. The van der Waals surface area contributed by atoms with E-state index < -0.39 is 19.0 Å². The molecule has 0 aromatic heterocycles. The van der Waals surface area contributed by atoms with Crippen molar-refractivity contribution in [2.45, 2.75) is 38.0 Å². The topological polar surface area (TPSA) is 110 Å². The van der Waals surface area contributed by atoms with Crippen molar-refractivity contribution in [3.8, 4) is 0 Å². The van der Waals surface area contributed by atoms with Gasteiger partial charge in [-0.2, -0.15) is 0 Å². The summed E-state index contributed by atoms with van der Waals surface area (Å²) in [5.41, 5.74) is 0. The lowest BCUT2D eigenvalue weighted by molar-refractivity contribution is -0.142. The van der Waals surface area contributed by atoms with E-state index in [0.717, 1.165) is 19.4 Å². The molecule has 3 atom stereocenters. The zero-order chi connectivity index (χ0) is 15.4. The number of hydrogen-bond donors (Lipinski definition) is 4. The van der Waals surface area contributed by atoms with Crippen LogP contribution in [-0.2, 0) is 9.59 Å². The van der Waals surface area contributed by atoms with Gasteiger partial charge in [0.2, 0.25) is 5.91 Å². The second-order valence-electron chi connectivity index (χ2n) is 6.01. The number of amides is 1. The summed E-state index contributed by atoms with van der Waals surface area (Å²) in [4.78, 5) is 25.3. The zero-order valence-corrected chi connectivity index (χ0v) is 12.1. The smallest absolute Gasteiger partial charge is 0.451 e. The van der Waals surface area contributed by atoms with Crippen LogP contribution in [0.25, 0.3) is 0 Å². The molecule has 21 heavy (non-hydrogen) atoms. The third-order valence-corrected chi connectivity index (χ3v) is 4.47. The molecule has 4 N–H and O–H groups in total. The fraction of sp³-hybridized carbons (Fsp3) is 0.846. The lowest BCUT2D eigenvalue weighted by atomic mass is 9.80. The van der Waals surface area contributed by atoms with Crippen molar-refractivity contribution in [3.05, 3.63) is 0 Å². The summed E-state index contributed by atoms with van der Waals surface area (Å²) in [7, 11) is -1.35. The first-order chi connectivity index (χ1) is 9.99. The van der Waals surface area contributed by atoms with E-state index >= 15 is 0 Å². The molecular weight excluding hydrogens is 275 g/mol. The SMILES string of the molecule is O=C(O)[C@@H]1CN(C(=O)C2CCCN2)C[C@@H]1CCCB(O)O. The lowest BCUT2D eigenvalue weighted by Crippen LogP contribution is -2.42. The Labute approximate surface area is 124 Å². The Morgan fingerprint density at radius 3 is 2.62 bits per heavy atom. The summed E-state index contributed by atoms with van der Waals surface area (Å²) < 4.78 is 0. The molecule has 0 spiro atoms. The van der Waals surface area contributed by atoms with Gasteiger partial charge in [-0.15, -0.1) is 0 Å². The maximum absolute atomic E-state index is 12.3. The first kappa shape index (κ1) is 16.3. The van der Waals surface area contributed by atoms with Crippen molar-refractivity contribution >= 4 is 19.0 Å². The monoisotopic (exact) mass is 298 g/mol. The molecular formula is C13H23BN2O5. The average Bonchev–Trinajstić information content (AvgIpc) is 3.07. The largest absolute Gasteiger partial charge is 0.481 e. The third-order valence-electron chi connectivity index (χ3n) is 4.47. The summed E-state index contributed by atoms with van der Waals surface area (Å²) in [6.45, 7) is 1.55. The van der Waals surface area contributed by atoms with Crippen LogP contribution in [0.5, 0.6) is 0 Å². The molecule has 2 heterocycles. The van der Waals surface area contributed by atoms with E-state index in [2.05, 4.69) is 5.32 Å². The van der Waals surface area contributed by atoms with Crippen molar-refractivity contribution in [2.75, 3.05) is 19.6 Å². The number of rotatable bonds is 6. The first-order valence-electron chi connectivity index (χ1n) is 7.60. The van der Waals surface area contributed by atoms with Gasteiger partial charge >= 0.3 is 13.1 Å². The standard InChI is InChI=1S/C13H23BN2O5/c17-12(11-4-2-6-15-11)16-7-9(3-1-5-14(20)21)10(8-16)13(18)19/h9-11,15,20-21H,1-8H2,(H,18,19)/t9-,10+,11?/m0/s1. The van der Waals surface area contributed by atoms with Gasteiger partial charge in [0.25, 0.3) is 0 Å². The van der Waals surface area contributed by atoms with Crippen LogP contribution in [0.4, 0.5) is 0 Å². The van der Waals surface area contributed by atoms with E-state index in [1.165, 1.54) is 0 Å². The molecule has 0 aromatic rings. The van der Waals surface area contributed by atoms with Gasteiger partial charge in [-0.05, 0) is 38.0 Å². The Morgan fingerprint density at radius 2 is 2.05 bits per heavy atom. The van der Waals surface area contributed by atoms with E-state index in [1.807, 2.05) is 0 Å². The van der Waals surface area contributed by atoms with Crippen LogP contribution in [-0.4, -0.2) is 64.7 Å². The van der Waals surface area contributed by atoms with E-state index in [4.69, 9.17) is 10.0 Å². The molecule has 7 nitrogen and oxygen atoms in total. The van der Waals surface area contributed by atoms with Gasteiger partial charge in [0.15, 0.2) is 0 Å². The number of carbonyl (C=O) groups is 2.